The topological polar surface area (TPSA) is 67.6 Å². The Morgan fingerprint density at radius 2 is 2.29 bits per heavy atom. The van der Waals surface area contributed by atoms with Crippen molar-refractivity contribution in [2.45, 2.75) is 0 Å². The largest absolute Gasteiger partial charge is 0.384 e. The highest BCUT2D eigenvalue weighted by Gasteiger charge is 1.98. The first-order valence-electron chi connectivity index (χ1n) is 4.03. The lowest BCUT2D eigenvalue weighted by atomic mass is 10.2. The van der Waals surface area contributed by atoms with Gasteiger partial charge < -0.3 is 10.7 Å². The molecule has 0 atom stereocenters. The molecule has 70 valence electrons. The van der Waals surface area contributed by atoms with E-state index in [0.29, 0.717) is 10.6 Å². The molecule has 0 fully saturated rings. The van der Waals surface area contributed by atoms with Gasteiger partial charge in [0.25, 0.3) is 0 Å². The van der Waals surface area contributed by atoms with Gasteiger partial charge in [0.2, 0.25) is 0 Å². The first-order valence-corrected chi connectivity index (χ1v) is 4.44. The Morgan fingerprint density at radius 3 is 2.93 bits per heavy atom. The summed E-state index contributed by atoms with van der Waals surface area (Å²) in [5.74, 6) is 0.410. The van der Waals surface area contributed by atoms with Crippen LogP contribution in [0.15, 0.2) is 30.6 Å². The molecule has 0 aliphatic heterocycles. The Kier molecular flexibility index (Phi) is 2.24. The molecule has 0 radical (unpaired) electrons. The van der Waals surface area contributed by atoms with Crippen molar-refractivity contribution in [3.8, 4) is 11.3 Å². The number of aromatic amines is 1. The predicted molar refractivity (Wildman–Crippen MR) is 57.1 cm³/mol. The summed E-state index contributed by atoms with van der Waals surface area (Å²) in [6, 6.07) is 5.50. The van der Waals surface area contributed by atoms with Crippen LogP contribution in [0.25, 0.3) is 11.3 Å². The number of pyridine rings is 1. The van der Waals surface area contributed by atoms with Crippen molar-refractivity contribution in [1.29, 1.82) is 0 Å². The molecule has 0 saturated carbocycles. The number of anilines is 1. The van der Waals surface area contributed by atoms with Gasteiger partial charge in [-0.1, -0.05) is 0 Å². The number of nitrogens with two attached hydrogens (primary N) is 1. The summed E-state index contributed by atoms with van der Waals surface area (Å²) in [6.45, 7) is 0. The smallest absolute Gasteiger partial charge is 0.199 e. The van der Waals surface area contributed by atoms with Crippen molar-refractivity contribution in [2.24, 2.45) is 0 Å². The summed E-state index contributed by atoms with van der Waals surface area (Å²) in [7, 11) is 0. The number of hydrogen-bond acceptors (Lipinski definition) is 4. The van der Waals surface area contributed by atoms with Crippen molar-refractivity contribution in [3.05, 3.63) is 35.4 Å². The molecule has 3 N–H and O–H groups in total. The zero-order valence-corrected chi connectivity index (χ0v) is 8.08. The standard InChI is InChI=1S/C9H8N4S/c10-8-4-7(12-9(14)13-8)6-2-1-3-11-5-6/h1-5H,(H3,10,12,13,14). The van der Waals surface area contributed by atoms with E-state index in [0.717, 1.165) is 11.3 Å². The normalized spacial score (nSPS) is 10.0. The number of nitrogens with one attached hydrogen (secondary N) is 1. The molecular weight excluding hydrogens is 196 g/mol. The summed E-state index contributed by atoms with van der Waals surface area (Å²) in [4.78, 5) is 10.8. The molecular formula is C9H8N4S. The van der Waals surface area contributed by atoms with Gasteiger partial charge in [0, 0.05) is 24.0 Å². The molecule has 0 aromatic carbocycles. The molecule has 14 heavy (non-hydrogen) atoms. The molecule has 2 heterocycles. The zero-order valence-electron chi connectivity index (χ0n) is 7.27. The highest BCUT2D eigenvalue weighted by atomic mass is 32.1. The predicted octanol–water partition coefficient (Wildman–Crippen LogP) is 1.78. The van der Waals surface area contributed by atoms with Crippen molar-refractivity contribution in [3.63, 3.8) is 0 Å². The number of H-pyrrole nitrogens is 1. The third kappa shape index (κ3) is 1.77. The second-order valence-electron chi connectivity index (χ2n) is 2.77. The van der Waals surface area contributed by atoms with Crippen LogP contribution in [0, 0.1) is 4.77 Å². The van der Waals surface area contributed by atoms with Crippen LogP contribution >= 0.6 is 12.2 Å². The van der Waals surface area contributed by atoms with Crippen LogP contribution in [0.4, 0.5) is 5.82 Å². The van der Waals surface area contributed by atoms with Gasteiger partial charge in [-0.25, -0.2) is 4.98 Å². The fourth-order valence-electron chi connectivity index (χ4n) is 1.15. The lowest BCUT2D eigenvalue weighted by Gasteiger charge is -2.01. The fourth-order valence-corrected chi connectivity index (χ4v) is 1.37. The maximum atomic E-state index is 5.58. The summed E-state index contributed by atoms with van der Waals surface area (Å²) in [5, 5.41) is 0. The molecule has 2 aromatic heterocycles. The van der Waals surface area contributed by atoms with Gasteiger partial charge >= 0.3 is 0 Å². The first-order chi connectivity index (χ1) is 6.75. The summed E-state index contributed by atoms with van der Waals surface area (Å²) >= 11 is 4.92. The minimum Gasteiger partial charge on any atom is -0.384 e. The number of rotatable bonds is 1. The minimum absolute atomic E-state index is 0.379. The number of hydrogen-bond donors (Lipinski definition) is 2. The van der Waals surface area contributed by atoms with Crippen LogP contribution in [-0.4, -0.2) is 15.0 Å². The average Bonchev–Trinajstić information content (AvgIpc) is 2.18. The Hall–Kier alpha value is -1.75. The van der Waals surface area contributed by atoms with Gasteiger partial charge in [-0.15, -0.1) is 0 Å². The van der Waals surface area contributed by atoms with Crippen molar-refractivity contribution < 1.29 is 0 Å². The molecule has 0 aliphatic rings. The zero-order chi connectivity index (χ0) is 9.97. The lowest BCUT2D eigenvalue weighted by Crippen LogP contribution is -1.94. The Balaban J connectivity index is 2.58. The van der Waals surface area contributed by atoms with E-state index in [9.17, 15) is 0 Å². The van der Waals surface area contributed by atoms with Crippen LogP contribution in [0.1, 0.15) is 0 Å². The molecule has 0 bridgehead atoms. The maximum Gasteiger partial charge on any atom is 0.199 e. The molecule has 0 saturated heterocycles. The molecule has 0 amide bonds. The van der Waals surface area contributed by atoms with Crippen LogP contribution in [0.3, 0.4) is 0 Å². The summed E-state index contributed by atoms with van der Waals surface area (Å²) < 4.78 is 0.379. The van der Waals surface area contributed by atoms with Crippen molar-refractivity contribution in [1.82, 2.24) is 15.0 Å². The molecule has 4 nitrogen and oxygen atoms in total. The second-order valence-corrected chi connectivity index (χ2v) is 3.15. The van der Waals surface area contributed by atoms with E-state index in [1.54, 1.807) is 18.5 Å². The third-order valence-electron chi connectivity index (χ3n) is 1.74. The van der Waals surface area contributed by atoms with E-state index in [1.807, 2.05) is 12.1 Å². The Labute approximate surface area is 85.8 Å². The molecule has 2 rings (SSSR count). The quantitative estimate of drug-likeness (QED) is 0.695. The van der Waals surface area contributed by atoms with Gasteiger partial charge in [-0.3, -0.25) is 4.98 Å². The monoisotopic (exact) mass is 204 g/mol. The number of nitrogens with zero attached hydrogens (tertiary/aromatic N) is 2. The van der Waals surface area contributed by atoms with E-state index in [4.69, 9.17) is 18.0 Å². The van der Waals surface area contributed by atoms with E-state index >= 15 is 0 Å². The van der Waals surface area contributed by atoms with Gasteiger partial charge in [0.15, 0.2) is 4.77 Å². The van der Waals surface area contributed by atoms with Gasteiger partial charge in [0.1, 0.15) is 5.82 Å². The third-order valence-corrected chi connectivity index (χ3v) is 1.93. The van der Waals surface area contributed by atoms with Crippen molar-refractivity contribution in [2.75, 3.05) is 5.73 Å². The average molecular weight is 204 g/mol. The minimum atomic E-state index is 0.379. The Bertz CT molecular complexity index is 492. The van der Waals surface area contributed by atoms with Gasteiger partial charge in [-0.2, -0.15) is 0 Å². The lowest BCUT2D eigenvalue weighted by molar-refractivity contribution is 1.14. The first kappa shape index (κ1) is 8.83. The molecule has 2 aromatic rings. The molecule has 0 spiro atoms. The molecule has 0 unspecified atom stereocenters. The van der Waals surface area contributed by atoms with Gasteiger partial charge in [0.05, 0.1) is 5.69 Å². The van der Waals surface area contributed by atoms with Crippen LogP contribution in [0.2, 0.25) is 0 Å². The van der Waals surface area contributed by atoms with E-state index < -0.39 is 0 Å². The molecule has 0 aliphatic carbocycles. The van der Waals surface area contributed by atoms with Gasteiger partial charge in [-0.05, 0) is 24.4 Å². The van der Waals surface area contributed by atoms with Crippen LogP contribution in [-0.2, 0) is 0 Å². The number of nitrogen functional groups attached to an aromatic ring is 1. The fraction of sp³-hybridized carbons (Fsp3) is 0. The maximum absolute atomic E-state index is 5.58. The SMILES string of the molecule is Nc1cc(-c2cccnc2)[nH]c(=S)n1. The van der Waals surface area contributed by atoms with E-state index in [-0.39, 0.29) is 0 Å². The van der Waals surface area contributed by atoms with E-state index in [2.05, 4.69) is 15.0 Å². The second kappa shape index (κ2) is 3.55. The summed E-state index contributed by atoms with van der Waals surface area (Å²) in [5.41, 5.74) is 7.35. The Morgan fingerprint density at radius 1 is 1.43 bits per heavy atom. The van der Waals surface area contributed by atoms with Crippen molar-refractivity contribution >= 4 is 18.0 Å². The van der Waals surface area contributed by atoms with E-state index in [1.165, 1.54) is 0 Å². The summed E-state index contributed by atoms with van der Waals surface area (Å²) in [6.07, 6.45) is 3.45. The molecule has 5 heteroatoms. The number of aromatic nitrogens is 3. The highest BCUT2D eigenvalue weighted by molar-refractivity contribution is 7.71. The van der Waals surface area contributed by atoms with Crippen LogP contribution < -0.4 is 5.73 Å². The van der Waals surface area contributed by atoms with Crippen LogP contribution in [0.5, 0.6) is 0 Å². The highest BCUT2D eigenvalue weighted by Crippen LogP contribution is 2.15.